The zero-order valence-electron chi connectivity index (χ0n) is 10.5. The van der Waals surface area contributed by atoms with Crippen LogP contribution in [0.25, 0.3) is 0 Å². The summed E-state index contributed by atoms with van der Waals surface area (Å²) in [6, 6.07) is 6.30. The third kappa shape index (κ3) is 3.27. The predicted octanol–water partition coefficient (Wildman–Crippen LogP) is 2.14. The molecule has 3 unspecified atom stereocenters. The molecule has 0 aliphatic heterocycles. The van der Waals surface area contributed by atoms with E-state index in [9.17, 15) is 5.11 Å². The van der Waals surface area contributed by atoms with Crippen LogP contribution in [0.2, 0.25) is 0 Å². The van der Waals surface area contributed by atoms with Crippen molar-refractivity contribution in [3.05, 3.63) is 30.1 Å². The van der Waals surface area contributed by atoms with Gasteiger partial charge in [-0.1, -0.05) is 12.5 Å². The second-order valence-electron chi connectivity index (χ2n) is 5.02. The molecule has 3 atom stereocenters. The van der Waals surface area contributed by atoms with E-state index in [1.807, 2.05) is 18.3 Å². The molecule has 0 saturated heterocycles. The lowest BCUT2D eigenvalue weighted by molar-refractivity contribution is 0.190. The first-order valence-corrected chi connectivity index (χ1v) is 6.56. The molecule has 1 heterocycles. The van der Waals surface area contributed by atoms with E-state index in [0.29, 0.717) is 18.4 Å². The Morgan fingerprint density at radius 1 is 1.41 bits per heavy atom. The van der Waals surface area contributed by atoms with Gasteiger partial charge >= 0.3 is 0 Å². The number of rotatable bonds is 5. The molecule has 17 heavy (non-hydrogen) atoms. The predicted molar refractivity (Wildman–Crippen MR) is 68.6 cm³/mol. The first kappa shape index (κ1) is 12.5. The number of aromatic nitrogens is 1. The van der Waals surface area contributed by atoms with Crippen LogP contribution in [0.3, 0.4) is 0 Å². The van der Waals surface area contributed by atoms with E-state index in [-0.39, 0.29) is 6.04 Å². The van der Waals surface area contributed by atoms with Crippen molar-refractivity contribution in [2.24, 2.45) is 11.8 Å². The fourth-order valence-corrected chi connectivity index (χ4v) is 2.69. The molecule has 1 aromatic rings. The fourth-order valence-electron chi connectivity index (χ4n) is 2.69. The maximum atomic E-state index is 9.28. The summed E-state index contributed by atoms with van der Waals surface area (Å²) in [6.07, 6.45) is 5.52. The Kier molecular flexibility index (Phi) is 4.51. The van der Waals surface area contributed by atoms with Gasteiger partial charge in [-0.05, 0) is 50.3 Å². The number of aliphatic hydroxyl groups excluding tert-OH is 1. The van der Waals surface area contributed by atoms with E-state index in [4.69, 9.17) is 0 Å². The molecule has 0 bridgehead atoms. The van der Waals surface area contributed by atoms with Crippen molar-refractivity contribution in [3.63, 3.8) is 0 Å². The smallest absolute Gasteiger partial charge is 0.0570 e. The van der Waals surface area contributed by atoms with Gasteiger partial charge in [0.15, 0.2) is 0 Å². The minimum Gasteiger partial charge on any atom is -0.396 e. The highest BCUT2D eigenvalue weighted by atomic mass is 16.3. The van der Waals surface area contributed by atoms with Crippen molar-refractivity contribution in [1.29, 1.82) is 0 Å². The van der Waals surface area contributed by atoms with E-state index < -0.39 is 0 Å². The van der Waals surface area contributed by atoms with Gasteiger partial charge in [-0.3, -0.25) is 4.98 Å². The topological polar surface area (TPSA) is 45.1 Å². The Labute approximate surface area is 103 Å². The molecule has 1 aromatic heterocycles. The highest BCUT2D eigenvalue weighted by molar-refractivity contribution is 5.07. The van der Waals surface area contributed by atoms with Crippen LogP contribution in [0, 0.1) is 11.8 Å². The molecule has 1 aliphatic carbocycles. The summed E-state index contributed by atoms with van der Waals surface area (Å²) in [7, 11) is 0. The van der Waals surface area contributed by atoms with Gasteiger partial charge in [-0.15, -0.1) is 0 Å². The molecule has 3 nitrogen and oxygen atoms in total. The van der Waals surface area contributed by atoms with Gasteiger partial charge < -0.3 is 10.4 Å². The van der Waals surface area contributed by atoms with Gasteiger partial charge in [-0.2, -0.15) is 0 Å². The quantitative estimate of drug-likeness (QED) is 0.820. The largest absolute Gasteiger partial charge is 0.396 e. The van der Waals surface area contributed by atoms with E-state index in [1.54, 1.807) is 0 Å². The maximum absolute atomic E-state index is 9.28. The molecule has 1 aliphatic rings. The van der Waals surface area contributed by atoms with Crippen LogP contribution in [0.4, 0.5) is 0 Å². The molecular formula is C14H22N2O. The van der Waals surface area contributed by atoms with Gasteiger partial charge in [0.1, 0.15) is 0 Å². The van der Waals surface area contributed by atoms with Gasteiger partial charge in [-0.25, -0.2) is 0 Å². The highest BCUT2D eigenvalue weighted by Gasteiger charge is 2.26. The van der Waals surface area contributed by atoms with Gasteiger partial charge in [0.05, 0.1) is 5.69 Å². The third-order valence-electron chi connectivity index (χ3n) is 3.87. The lowest BCUT2D eigenvalue weighted by Crippen LogP contribution is -2.29. The maximum Gasteiger partial charge on any atom is 0.0570 e. The Morgan fingerprint density at radius 2 is 2.24 bits per heavy atom. The zero-order valence-corrected chi connectivity index (χ0v) is 10.5. The fraction of sp³-hybridized carbons (Fsp3) is 0.643. The molecular weight excluding hydrogens is 212 g/mol. The number of nitrogens with one attached hydrogen (secondary N) is 1. The molecule has 1 saturated carbocycles. The summed E-state index contributed by atoms with van der Waals surface area (Å²) in [5.74, 6) is 1.13. The van der Waals surface area contributed by atoms with Crippen LogP contribution < -0.4 is 5.32 Å². The first-order valence-electron chi connectivity index (χ1n) is 6.56. The molecule has 94 valence electrons. The molecule has 3 heteroatoms. The van der Waals surface area contributed by atoms with Gasteiger partial charge in [0, 0.05) is 18.8 Å². The molecule has 0 aromatic carbocycles. The van der Waals surface area contributed by atoms with E-state index in [0.717, 1.165) is 12.2 Å². The molecule has 0 spiro atoms. The normalized spacial score (nSPS) is 26.0. The standard InChI is InChI=1S/C14H22N2O/c1-11(14-7-2-3-8-15-14)16-9-12-5-4-6-13(12)10-17/h2-3,7-8,11-13,16-17H,4-6,9-10H2,1H3. The van der Waals surface area contributed by atoms with Crippen LogP contribution in [-0.4, -0.2) is 23.2 Å². The monoisotopic (exact) mass is 234 g/mol. The van der Waals surface area contributed by atoms with Crippen LogP contribution in [-0.2, 0) is 0 Å². The van der Waals surface area contributed by atoms with Crippen LogP contribution in [0.1, 0.15) is 37.9 Å². The first-order chi connectivity index (χ1) is 8.31. The van der Waals surface area contributed by atoms with Crippen molar-refractivity contribution >= 4 is 0 Å². The van der Waals surface area contributed by atoms with Crippen LogP contribution in [0.15, 0.2) is 24.4 Å². The Balaban J connectivity index is 1.82. The summed E-state index contributed by atoms with van der Waals surface area (Å²) in [6.45, 7) is 3.47. The average Bonchev–Trinajstić information content (AvgIpc) is 2.84. The second-order valence-corrected chi connectivity index (χ2v) is 5.02. The number of nitrogens with zero attached hydrogens (tertiary/aromatic N) is 1. The van der Waals surface area contributed by atoms with Crippen LogP contribution >= 0.6 is 0 Å². The van der Waals surface area contributed by atoms with Crippen molar-refractivity contribution in [2.45, 2.75) is 32.2 Å². The lowest BCUT2D eigenvalue weighted by Gasteiger charge is -2.21. The Morgan fingerprint density at radius 3 is 2.94 bits per heavy atom. The number of aliphatic hydroxyl groups is 1. The van der Waals surface area contributed by atoms with Crippen molar-refractivity contribution in [3.8, 4) is 0 Å². The molecule has 2 rings (SSSR count). The molecule has 1 fully saturated rings. The minimum atomic E-state index is 0.288. The number of hydrogen-bond donors (Lipinski definition) is 2. The average molecular weight is 234 g/mol. The molecule has 0 amide bonds. The number of hydrogen-bond acceptors (Lipinski definition) is 3. The third-order valence-corrected chi connectivity index (χ3v) is 3.87. The SMILES string of the molecule is CC(NCC1CCCC1CO)c1ccccn1. The highest BCUT2D eigenvalue weighted by Crippen LogP contribution is 2.31. The van der Waals surface area contributed by atoms with E-state index in [2.05, 4.69) is 23.3 Å². The van der Waals surface area contributed by atoms with E-state index in [1.165, 1.54) is 19.3 Å². The van der Waals surface area contributed by atoms with Crippen LogP contribution in [0.5, 0.6) is 0 Å². The van der Waals surface area contributed by atoms with E-state index >= 15 is 0 Å². The summed E-state index contributed by atoms with van der Waals surface area (Å²) < 4.78 is 0. The number of pyridine rings is 1. The zero-order chi connectivity index (χ0) is 12.1. The second kappa shape index (κ2) is 6.12. The summed E-state index contributed by atoms with van der Waals surface area (Å²) in [5.41, 5.74) is 1.09. The Bertz CT molecular complexity index is 328. The summed E-state index contributed by atoms with van der Waals surface area (Å²) in [4.78, 5) is 4.35. The van der Waals surface area contributed by atoms with Crippen molar-refractivity contribution in [2.75, 3.05) is 13.2 Å². The lowest BCUT2D eigenvalue weighted by atomic mass is 9.96. The summed E-state index contributed by atoms with van der Waals surface area (Å²) in [5, 5.41) is 12.8. The molecule has 2 N–H and O–H groups in total. The van der Waals surface area contributed by atoms with Gasteiger partial charge in [0.25, 0.3) is 0 Å². The molecule has 0 radical (unpaired) electrons. The van der Waals surface area contributed by atoms with Crippen molar-refractivity contribution in [1.82, 2.24) is 10.3 Å². The Hall–Kier alpha value is -0.930. The summed E-state index contributed by atoms with van der Waals surface area (Å²) >= 11 is 0. The van der Waals surface area contributed by atoms with Crippen molar-refractivity contribution < 1.29 is 5.11 Å². The van der Waals surface area contributed by atoms with Gasteiger partial charge in [0.2, 0.25) is 0 Å². The minimum absolute atomic E-state index is 0.288.